The number of amides is 2. The number of allylic oxidation sites excluding steroid dienone is 2. The van der Waals surface area contributed by atoms with Gasteiger partial charge in [-0.2, -0.15) is 0 Å². The minimum absolute atomic E-state index is 0. The Morgan fingerprint density at radius 2 is 1.84 bits per heavy atom. The lowest BCUT2D eigenvalue weighted by atomic mass is 9.85. The van der Waals surface area contributed by atoms with E-state index < -0.39 is 0 Å². The van der Waals surface area contributed by atoms with Crippen LogP contribution in [0.25, 0.3) is 10.9 Å². The summed E-state index contributed by atoms with van der Waals surface area (Å²) in [5, 5.41) is 7.29. The number of nitrogens with one attached hydrogen (secondary N) is 3. The fourth-order valence-corrected chi connectivity index (χ4v) is 5.36. The maximum atomic E-state index is 13.5. The Hall–Kier alpha value is -2.43. The van der Waals surface area contributed by atoms with Crippen molar-refractivity contribution in [2.24, 2.45) is 28.7 Å². The number of aromatic nitrogens is 1. The van der Waals surface area contributed by atoms with Crippen molar-refractivity contribution in [1.82, 2.24) is 20.5 Å². The van der Waals surface area contributed by atoms with Crippen molar-refractivity contribution in [1.29, 1.82) is 0 Å². The molecule has 1 aliphatic heterocycles. The van der Waals surface area contributed by atoms with E-state index in [1.165, 1.54) is 17.0 Å². The standard InChI is InChI=1S/C23H26FN5O2.HI/c1-25-23(26-7-6-15-12-28-18-5-4-16(24)11-17(15)18)27-8-9-29-21(30)19-13-2-3-14(10-13)20(19)22(29)31;/h2-5,11-14,19-20,28H,6-10H2,1H3,(H2,25,26,27);1H. The summed E-state index contributed by atoms with van der Waals surface area (Å²) >= 11 is 0. The van der Waals surface area contributed by atoms with Crippen LogP contribution in [0.1, 0.15) is 12.0 Å². The number of carbonyl (C=O) groups excluding carboxylic acids is 2. The maximum absolute atomic E-state index is 13.5. The molecule has 5 rings (SSSR count). The first-order valence-electron chi connectivity index (χ1n) is 10.8. The normalized spacial score (nSPS) is 26.1. The number of H-pyrrole nitrogens is 1. The smallest absolute Gasteiger partial charge is 0.233 e. The van der Waals surface area contributed by atoms with E-state index in [0.717, 1.165) is 22.9 Å². The average Bonchev–Trinajstić information content (AvgIpc) is 3.52. The van der Waals surface area contributed by atoms with E-state index in [1.54, 1.807) is 13.1 Å². The van der Waals surface area contributed by atoms with E-state index in [9.17, 15) is 14.0 Å². The van der Waals surface area contributed by atoms with Gasteiger partial charge in [0.05, 0.1) is 11.8 Å². The molecular formula is C23H27FIN5O2. The second kappa shape index (κ2) is 9.21. The summed E-state index contributed by atoms with van der Waals surface area (Å²) in [6.07, 6.45) is 7.75. The van der Waals surface area contributed by atoms with E-state index in [2.05, 4.69) is 32.8 Å². The van der Waals surface area contributed by atoms with Crippen molar-refractivity contribution in [2.45, 2.75) is 12.8 Å². The first-order chi connectivity index (χ1) is 15.1. The second-order valence-electron chi connectivity index (χ2n) is 8.51. The molecule has 2 heterocycles. The summed E-state index contributed by atoms with van der Waals surface area (Å²) in [7, 11) is 1.68. The molecule has 9 heteroatoms. The molecule has 3 aliphatic rings. The minimum Gasteiger partial charge on any atom is -0.361 e. The molecule has 2 fully saturated rings. The number of carbonyl (C=O) groups is 2. The largest absolute Gasteiger partial charge is 0.361 e. The zero-order valence-corrected chi connectivity index (χ0v) is 20.1. The van der Waals surface area contributed by atoms with Gasteiger partial charge in [0.1, 0.15) is 5.82 Å². The topological polar surface area (TPSA) is 89.6 Å². The average molecular weight is 551 g/mol. The number of aliphatic imine (C=N–C) groups is 1. The van der Waals surface area contributed by atoms with Crippen molar-refractivity contribution >= 4 is 52.7 Å². The van der Waals surface area contributed by atoms with Crippen molar-refractivity contribution in [3.8, 4) is 0 Å². The first kappa shape index (κ1) is 22.8. The number of nitrogens with zero attached hydrogens (tertiary/aromatic N) is 2. The molecule has 1 aromatic carbocycles. The molecule has 2 aromatic rings. The number of benzene rings is 1. The van der Waals surface area contributed by atoms with Gasteiger partial charge in [-0.3, -0.25) is 19.5 Å². The highest BCUT2D eigenvalue weighted by atomic mass is 127. The number of halogens is 2. The third kappa shape index (κ3) is 3.91. The number of hydrogen-bond donors (Lipinski definition) is 3. The quantitative estimate of drug-likeness (QED) is 0.169. The number of aromatic amines is 1. The van der Waals surface area contributed by atoms with Crippen molar-refractivity contribution in [2.75, 3.05) is 26.7 Å². The SMILES string of the molecule is CN=C(NCCc1c[nH]c2ccc(F)cc12)NCCN1C(=O)C2C3C=CC(C3)C2C1=O.I. The zero-order chi connectivity index (χ0) is 21.5. The van der Waals surface area contributed by atoms with Crippen LogP contribution < -0.4 is 10.6 Å². The highest BCUT2D eigenvalue weighted by Crippen LogP contribution is 2.52. The molecule has 4 atom stereocenters. The predicted octanol–water partition coefficient (Wildman–Crippen LogP) is 2.44. The van der Waals surface area contributed by atoms with E-state index in [-0.39, 0.29) is 65.3 Å². The molecule has 170 valence electrons. The van der Waals surface area contributed by atoms with E-state index >= 15 is 0 Å². The Morgan fingerprint density at radius 3 is 2.53 bits per heavy atom. The van der Waals surface area contributed by atoms with Crippen molar-refractivity contribution in [3.05, 3.63) is 47.9 Å². The zero-order valence-electron chi connectivity index (χ0n) is 17.8. The molecule has 2 bridgehead atoms. The number of fused-ring (bicyclic) bond motifs is 6. The van der Waals surface area contributed by atoms with Gasteiger partial charge < -0.3 is 15.6 Å². The van der Waals surface area contributed by atoms with Crippen LogP contribution in [0.15, 0.2) is 41.5 Å². The van der Waals surface area contributed by atoms with Crippen LogP contribution in [0.5, 0.6) is 0 Å². The molecule has 0 radical (unpaired) electrons. The Morgan fingerprint density at radius 1 is 1.16 bits per heavy atom. The van der Waals surface area contributed by atoms with Crippen LogP contribution >= 0.6 is 24.0 Å². The van der Waals surface area contributed by atoms with Crippen LogP contribution in [-0.4, -0.2) is 54.3 Å². The van der Waals surface area contributed by atoms with Gasteiger partial charge in [-0.1, -0.05) is 12.2 Å². The van der Waals surface area contributed by atoms with Crippen LogP contribution in [0, 0.1) is 29.5 Å². The van der Waals surface area contributed by atoms with Crippen LogP contribution in [0.3, 0.4) is 0 Å². The molecule has 7 nitrogen and oxygen atoms in total. The monoisotopic (exact) mass is 551 g/mol. The molecule has 1 aromatic heterocycles. The molecule has 4 unspecified atom stereocenters. The molecule has 2 aliphatic carbocycles. The van der Waals surface area contributed by atoms with Gasteiger partial charge in [0.25, 0.3) is 0 Å². The van der Waals surface area contributed by atoms with Gasteiger partial charge in [-0.25, -0.2) is 4.39 Å². The number of likely N-dealkylation sites (tertiary alicyclic amines) is 1. The molecule has 2 amide bonds. The van der Waals surface area contributed by atoms with Gasteiger partial charge in [0.2, 0.25) is 11.8 Å². The lowest BCUT2D eigenvalue weighted by molar-refractivity contribution is -0.140. The third-order valence-electron chi connectivity index (χ3n) is 6.83. The van der Waals surface area contributed by atoms with Crippen LogP contribution in [-0.2, 0) is 16.0 Å². The fourth-order valence-electron chi connectivity index (χ4n) is 5.36. The molecule has 1 saturated heterocycles. The van der Waals surface area contributed by atoms with E-state index in [1.807, 2.05) is 6.20 Å². The Balaban J connectivity index is 0.00000245. The summed E-state index contributed by atoms with van der Waals surface area (Å²) in [5.74, 6) is 0.464. The predicted molar refractivity (Wildman–Crippen MR) is 131 cm³/mol. The molecular weight excluding hydrogens is 524 g/mol. The summed E-state index contributed by atoms with van der Waals surface area (Å²) in [6, 6.07) is 4.71. The molecule has 3 N–H and O–H groups in total. The molecule has 1 saturated carbocycles. The number of rotatable bonds is 6. The maximum Gasteiger partial charge on any atom is 0.233 e. The highest BCUT2D eigenvalue weighted by molar-refractivity contribution is 14.0. The van der Waals surface area contributed by atoms with Gasteiger partial charge in [0.15, 0.2) is 5.96 Å². The molecule has 0 spiro atoms. The summed E-state index contributed by atoms with van der Waals surface area (Å²) in [6.45, 7) is 1.40. The van der Waals surface area contributed by atoms with E-state index in [4.69, 9.17) is 0 Å². The summed E-state index contributed by atoms with van der Waals surface area (Å²) in [5.41, 5.74) is 1.94. The number of hydrogen-bond acceptors (Lipinski definition) is 3. The second-order valence-corrected chi connectivity index (χ2v) is 8.51. The van der Waals surface area contributed by atoms with E-state index in [0.29, 0.717) is 32.0 Å². The third-order valence-corrected chi connectivity index (χ3v) is 6.83. The first-order valence-corrected chi connectivity index (χ1v) is 10.8. The van der Waals surface area contributed by atoms with Gasteiger partial charge in [0, 0.05) is 43.8 Å². The Kier molecular flexibility index (Phi) is 6.55. The van der Waals surface area contributed by atoms with Crippen molar-refractivity contribution in [3.63, 3.8) is 0 Å². The fraction of sp³-hybridized carbons (Fsp3) is 0.435. The van der Waals surface area contributed by atoms with Crippen molar-refractivity contribution < 1.29 is 14.0 Å². The van der Waals surface area contributed by atoms with Gasteiger partial charge >= 0.3 is 0 Å². The summed E-state index contributed by atoms with van der Waals surface area (Å²) in [4.78, 5) is 34.2. The Labute approximate surface area is 202 Å². The van der Waals surface area contributed by atoms with Crippen LogP contribution in [0.2, 0.25) is 0 Å². The molecule has 32 heavy (non-hydrogen) atoms. The number of guanidine groups is 1. The van der Waals surface area contributed by atoms with Gasteiger partial charge in [-0.05, 0) is 48.4 Å². The Bertz CT molecular complexity index is 1070. The summed E-state index contributed by atoms with van der Waals surface area (Å²) < 4.78 is 13.5. The minimum atomic E-state index is -0.252. The lowest BCUT2D eigenvalue weighted by Crippen LogP contribution is -2.44. The highest BCUT2D eigenvalue weighted by Gasteiger charge is 2.58. The number of imide groups is 1. The van der Waals surface area contributed by atoms with Crippen LogP contribution in [0.4, 0.5) is 4.39 Å². The van der Waals surface area contributed by atoms with Gasteiger partial charge in [-0.15, -0.1) is 24.0 Å². The lowest BCUT2D eigenvalue weighted by Gasteiger charge is -2.18.